The SMILES string of the molecule is [B-]1B2B3B1P23(Nc1ccccc1)c1ccccc1N1c2ccccc2B2c3ccccc3-c3cccc1c32. The van der Waals surface area contributed by atoms with Crippen molar-refractivity contribution in [3.63, 3.8) is 0 Å². The van der Waals surface area contributed by atoms with Crippen molar-refractivity contribution in [1.82, 2.24) is 0 Å². The van der Waals surface area contributed by atoms with Crippen LogP contribution in [-0.2, 0) is 0 Å². The van der Waals surface area contributed by atoms with Gasteiger partial charge in [-0.15, -0.1) is 0 Å². The van der Waals surface area contributed by atoms with Gasteiger partial charge in [-0.2, -0.15) is 0 Å². The van der Waals surface area contributed by atoms with Crippen molar-refractivity contribution in [2.75, 3.05) is 9.99 Å². The van der Waals surface area contributed by atoms with Crippen LogP contribution in [0.15, 0.2) is 121 Å². The van der Waals surface area contributed by atoms with Crippen molar-refractivity contribution in [3.05, 3.63) is 121 Å². The van der Waals surface area contributed by atoms with Crippen molar-refractivity contribution in [2.24, 2.45) is 0 Å². The Kier molecular flexibility index (Phi) is 3.51. The molecule has 5 aromatic rings. The zero-order chi connectivity index (χ0) is 24.7. The molecule has 2 nitrogen and oxygen atoms in total. The Morgan fingerprint density at radius 2 is 1.21 bits per heavy atom. The normalized spacial score (nSPS) is 19.8. The van der Waals surface area contributed by atoms with E-state index >= 15 is 0 Å². The second-order valence-electron chi connectivity index (χ2n) is 11.6. The topological polar surface area (TPSA) is 15.3 Å². The molecule has 2 bridgehead atoms. The van der Waals surface area contributed by atoms with Crippen LogP contribution in [-0.4, -0.2) is 32.4 Å². The summed E-state index contributed by atoms with van der Waals surface area (Å²) in [7, 11) is 2.62. The van der Waals surface area contributed by atoms with Gasteiger partial charge in [-0.1, -0.05) is 0 Å². The molecule has 172 valence electrons. The van der Waals surface area contributed by atoms with Gasteiger partial charge in [0.25, 0.3) is 0 Å². The predicted octanol–water partition coefficient (Wildman–Crippen LogP) is 4.04. The van der Waals surface area contributed by atoms with Gasteiger partial charge in [0.15, 0.2) is 0 Å². The predicted molar refractivity (Wildman–Crippen MR) is 171 cm³/mol. The number of nitrogens with one attached hydrogen (secondary N) is 1. The summed E-state index contributed by atoms with van der Waals surface area (Å²) in [6, 6.07) is 45.3. The fourth-order valence-corrected chi connectivity index (χ4v) is 16.8. The van der Waals surface area contributed by atoms with Crippen LogP contribution in [0.4, 0.5) is 22.7 Å². The zero-order valence-electron chi connectivity index (χ0n) is 20.8. The zero-order valence-corrected chi connectivity index (χ0v) is 21.7. The molecule has 0 atom stereocenters. The van der Waals surface area contributed by atoms with Crippen molar-refractivity contribution < 1.29 is 0 Å². The van der Waals surface area contributed by atoms with Gasteiger partial charge < -0.3 is 0 Å². The Labute approximate surface area is 225 Å². The van der Waals surface area contributed by atoms with Gasteiger partial charge in [0.2, 0.25) is 0 Å². The van der Waals surface area contributed by atoms with Crippen molar-refractivity contribution >= 4 is 83.2 Å². The van der Waals surface area contributed by atoms with Crippen LogP contribution in [0, 0.1) is 0 Å². The fourth-order valence-electron chi connectivity index (χ4n) is 8.63. The van der Waals surface area contributed by atoms with Crippen LogP contribution < -0.4 is 31.7 Å². The molecule has 4 saturated heterocycles. The molecule has 6 aliphatic heterocycles. The third-order valence-corrected chi connectivity index (χ3v) is 17.3. The second-order valence-corrected chi connectivity index (χ2v) is 16.8. The molecule has 0 unspecified atom stereocenters. The van der Waals surface area contributed by atoms with E-state index in [1.165, 1.54) is 50.3 Å². The van der Waals surface area contributed by atoms with Gasteiger partial charge in [-0.3, -0.25) is 0 Å². The first kappa shape index (κ1) is 20.4. The van der Waals surface area contributed by atoms with Crippen molar-refractivity contribution in [2.45, 2.75) is 0 Å². The van der Waals surface area contributed by atoms with E-state index < -0.39 is 6.39 Å². The molecule has 6 heterocycles. The Morgan fingerprint density at radius 1 is 0.579 bits per heavy atom. The number of hydrogen-bond acceptors (Lipinski definition) is 2. The third kappa shape index (κ3) is 2.04. The number of hydrogen-bond donors (Lipinski definition) is 1. The maximum atomic E-state index is 4.24. The summed E-state index contributed by atoms with van der Waals surface area (Å²) in [6.45, 7) is 0.291. The molecule has 5 aromatic carbocycles. The summed E-state index contributed by atoms with van der Waals surface area (Å²) in [6.07, 6.45) is 0.107. The Bertz CT molecular complexity index is 1840. The summed E-state index contributed by atoms with van der Waals surface area (Å²) >= 11 is 0. The number of benzene rings is 5. The summed E-state index contributed by atoms with van der Waals surface area (Å²) in [5.41, 5.74) is 12.4. The van der Waals surface area contributed by atoms with E-state index in [2.05, 4.69) is 138 Å². The Balaban J connectivity index is 1.23. The number of anilines is 4. The van der Waals surface area contributed by atoms with Gasteiger partial charge in [0.1, 0.15) is 0 Å². The van der Waals surface area contributed by atoms with Crippen LogP contribution in [0.3, 0.4) is 0 Å². The monoisotopic (exact) mass is 495 g/mol. The van der Waals surface area contributed by atoms with Gasteiger partial charge in [0, 0.05) is 0 Å². The molecule has 6 aliphatic rings. The Hall–Kier alpha value is -3.55. The molecule has 0 amide bonds. The molecule has 8 heteroatoms. The molecule has 0 aromatic heterocycles. The van der Waals surface area contributed by atoms with Crippen LogP contribution in [0.25, 0.3) is 11.1 Å². The van der Waals surface area contributed by atoms with E-state index in [0.29, 0.717) is 6.71 Å². The molecule has 4 fully saturated rings. The molecule has 0 aliphatic carbocycles. The van der Waals surface area contributed by atoms with E-state index in [1.807, 2.05) is 0 Å². The minimum atomic E-state index is -2.21. The van der Waals surface area contributed by atoms with Crippen LogP contribution >= 0.6 is 6.39 Å². The van der Waals surface area contributed by atoms with Gasteiger partial charge in [-0.25, -0.2) is 0 Å². The molecular formula is C30H21B5N2P-. The van der Waals surface area contributed by atoms with E-state index in [0.717, 1.165) is 18.6 Å². The molecular weight excluding hydrogens is 473 g/mol. The Morgan fingerprint density at radius 3 is 2.00 bits per heavy atom. The summed E-state index contributed by atoms with van der Waals surface area (Å²) in [4.78, 5) is 2.60. The summed E-state index contributed by atoms with van der Waals surface area (Å²) in [5.74, 6) is 0. The number of rotatable bonds is 4. The van der Waals surface area contributed by atoms with Crippen LogP contribution in [0.2, 0.25) is 0 Å². The standard InChI is InChI=1S/C30H21B5N2P/c1-2-11-21(12-3-1)36-38(33-31-34(38)35(33)38)29-20-9-8-18-27(29)37-26-17-7-6-16-25(26)32-24-15-5-4-13-22(24)23-14-10-19-28(37)30(23)32/h1-20,36H/q-1. The fraction of sp³-hybridized carbons (Fsp3) is 0. The van der Waals surface area contributed by atoms with Gasteiger partial charge in [0.05, 0.1) is 0 Å². The average Bonchev–Trinajstić information content (AvgIpc) is 3.54. The molecule has 11 rings (SSSR count). The third-order valence-electron chi connectivity index (χ3n) is 10.3. The minimum absolute atomic E-state index is 0.291. The van der Waals surface area contributed by atoms with Crippen molar-refractivity contribution in [3.8, 4) is 11.1 Å². The summed E-state index contributed by atoms with van der Waals surface area (Å²) in [5, 5.41) is 5.82. The van der Waals surface area contributed by atoms with Crippen LogP contribution in [0.1, 0.15) is 0 Å². The molecule has 0 saturated carbocycles. The molecule has 1 N–H and O–H groups in total. The molecule has 0 spiro atoms. The molecule has 2 radical (unpaired) electrons. The van der Waals surface area contributed by atoms with E-state index in [9.17, 15) is 0 Å². The summed E-state index contributed by atoms with van der Waals surface area (Å²) < 4.78 is 0. The molecule has 38 heavy (non-hydrogen) atoms. The van der Waals surface area contributed by atoms with E-state index in [4.69, 9.17) is 0 Å². The second kappa shape index (κ2) is 6.53. The van der Waals surface area contributed by atoms with Crippen LogP contribution in [0.5, 0.6) is 0 Å². The quantitative estimate of drug-likeness (QED) is 0.294. The first-order chi connectivity index (χ1) is 18.8. The maximum absolute atomic E-state index is 4.24. The van der Waals surface area contributed by atoms with Gasteiger partial charge in [-0.05, 0) is 0 Å². The van der Waals surface area contributed by atoms with Crippen molar-refractivity contribution in [1.29, 1.82) is 0 Å². The van der Waals surface area contributed by atoms with E-state index in [-0.39, 0.29) is 0 Å². The van der Waals surface area contributed by atoms with Gasteiger partial charge >= 0.3 is 226 Å². The first-order valence-corrected chi connectivity index (χ1v) is 16.2. The van der Waals surface area contributed by atoms with E-state index in [1.54, 1.807) is 5.30 Å². The number of nitrogens with zero attached hydrogens (tertiary/aromatic N) is 1. The number of para-hydroxylation sites is 3. The average molecular weight is 495 g/mol. The first-order valence-electron chi connectivity index (χ1n) is 13.7. The number of fused-ring (bicyclic) bond motifs is 5.